The lowest BCUT2D eigenvalue weighted by Crippen LogP contribution is -2.49. The molecule has 1 aliphatic heterocycles. The van der Waals surface area contributed by atoms with Crippen LogP contribution in [0.5, 0.6) is 0 Å². The van der Waals surface area contributed by atoms with Crippen LogP contribution in [0.2, 0.25) is 0 Å². The van der Waals surface area contributed by atoms with Crippen LogP contribution >= 0.6 is 0 Å². The van der Waals surface area contributed by atoms with Gasteiger partial charge in [0.05, 0.1) is 0 Å². The summed E-state index contributed by atoms with van der Waals surface area (Å²) >= 11 is 0. The number of nitrogens with one attached hydrogen (secondary N) is 2. The molecule has 2 rings (SSSR count). The molecule has 6 nitrogen and oxygen atoms in total. The van der Waals surface area contributed by atoms with E-state index in [1.165, 1.54) is 0 Å². The third-order valence-corrected chi connectivity index (χ3v) is 4.50. The van der Waals surface area contributed by atoms with Gasteiger partial charge < -0.3 is 15.5 Å². The highest BCUT2D eigenvalue weighted by atomic mass is 16.2. The molecule has 1 saturated heterocycles. The van der Waals surface area contributed by atoms with Gasteiger partial charge in [0.1, 0.15) is 6.04 Å². The van der Waals surface area contributed by atoms with Gasteiger partial charge in [-0.15, -0.1) is 0 Å². The Morgan fingerprint density at radius 1 is 1.19 bits per heavy atom. The first kappa shape index (κ1) is 19.7. The maximum atomic E-state index is 12.3. The van der Waals surface area contributed by atoms with Gasteiger partial charge in [0, 0.05) is 31.6 Å². The molecule has 0 saturated carbocycles. The quantitative estimate of drug-likeness (QED) is 0.759. The van der Waals surface area contributed by atoms with Gasteiger partial charge >= 0.3 is 0 Å². The van der Waals surface area contributed by atoms with E-state index in [9.17, 15) is 14.4 Å². The normalized spacial score (nSPS) is 16.3. The third kappa shape index (κ3) is 5.72. The maximum Gasteiger partial charge on any atom is 0.246 e. The summed E-state index contributed by atoms with van der Waals surface area (Å²) in [6.07, 6.45) is 4.60. The van der Waals surface area contributed by atoms with Crippen molar-refractivity contribution in [2.45, 2.75) is 32.7 Å². The molecule has 1 aromatic rings. The highest BCUT2D eigenvalue weighted by molar-refractivity contribution is 5.92. The number of likely N-dealkylation sites (tertiary alicyclic amines) is 1. The van der Waals surface area contributed by atoms with E-state index in [1.807, 2.05) is 37.3 Å². The molecule has 1 atom stereocenters. The first-order valence-corrected chi connectivity index (χ1v) is 9.11. The lowest BCUT2D eigenvalue weighted by molar-refractivity contribution is -0.134. The van der Waals surface area contributed by atoms with Crippen LogP contribution in [-0.2, 0) is 14.4 Å². The molecule has 1 heterocycles. The van der Waals surface area contributed by atoms with Gasteiger partial charge in [-0.3, -0.25) is 14.4 Å². The predicted molar refractivity (Wildman–Crippen MR) is 101 cm³/mol. The van der Waals surface area contributed by atoms with Crippen LogP contribution in [0, 0.1) is 5.92 Å². The fourth-order valence-corrected chi connectivity index (χ4v) is 2.92. The van der Waals surface area contributed by atoms with E-state index in [0.717, 1.165) is 5.56 Å². The van der Waals surface area contributed by atoms with Gasteiger partial charge in [-0.25, -0.2) is 0 Å². The Labute approximate surface area is 154 Å². The summed E-state index contributed by atoms with van der Waals surface area (Å²) in [5.74, 6) is -0.493. The molecule has 2 N–H and O–H groups in total. The maximum absolute atomic E-state index is 12.3. The minimum atomic E-state index is -0.545. The van der Waals surface area contributed by atoms with Gasteiger partial charge in [0.15, 0.2) is 0 Å². The standard InChI is InChI=1S/C20H27N3O3/c1-3-21-19(25)15(2)22-20(26)17-11-13-23(14-12-17)18(24)10-9-16-7-5-4-6-8-16/h4-10,15,17H,3,11-14H2,1-2H3,(H,21,25)(H,22,26)/b10-9+/t15-/m0/s1. The van der Waals surface area contributed by atoms with Crippen molar-refractivity contribution in [2.24, 2.45) is 5.92 Å². The van der Waals surface area contributed by atoms with E-state index < -0.39 is 6.04 Å². The molecule has 6 heteroatoms. The zero-order chi connectivity index (χ0) is 18.9. The molecule has 1 aromatic carbocycles. The molecule has 0 aromatic heterocycles. The fourth-order valence-electron chi connectivity index (χ4n) is 2.92. The summed E-state index contributed by atoms with van der Waals surface area (Å²) in [5, 5.41) is 5.45. The van der Waals surface area contributed by atoms with Crippen LogP contribution < -0.4 is 10.6 Å². The summed E-state index contributed by atoms with van der Waals surface area (Å²) < 4.78 is 0. The molecule has 0 aliphatic carbocycles. The van der Waals surface area contributed by atoms with Crippen molar-refractivity contribution in [2.75, 3.05) is 19.6 Å². The molecule has 0 radical (unpaired) electrons. The summed E-state index contributed by atoms with van der Waals surface area (Å²) in [7, 11) is 0. The van der Waals surface area contributed by atoms with E-state index >= 15 is 0 Å². The lowest BCUT2D eigenvalue weighted by Gasteiger charge is -2.31. The van der Waals surface area contributed by atoms with Crippen LogP contribution in [-0.4, -0.2) is 48.3 Å². The van der Waals surface area contributed by atoms with Crippen molar-refractivity contribution >= 4 is 23.8 Å². The molecule has 26 heavy (non-hydrogen) atoms. The molecule has 1 fully saturated rings. The van der Waals surface area contributed by atoms with Crippen molar-refractivity contribution in [3.8, 4) is 0 Å². The molecule has 3 amide bonds. The van der Waals surface area contributed by atoms with E-state index in [2.05, 4.69) is 10.6 Å². The molecular formula is C20H27N3O3. The topological polar surface area (TPSA) is 78.5 Å². The number of hydrogen-bond donors (Lipinski definition) is 2. The second-order valence-electron chi connectivity index (χ2n) is 6.47. The Morgan fingerprint density at radius 3 is 2.46 bits per heavy atom. The molecular weight excluding hydrogens is 330 g/mol. The Balaban J connectivity index is 1.79. The predicted octanol–water partition coefficient (Wildman–Crippen LogP) is 1.58. The number of piperidine rings is 1. The minimum absolute atomic E-state index is 0.0385. The summed E-state index contributed by atoms with van der Waals surface area (Å²) in [6.45, 7) is 5.15. The zero-order valence-corrected chi connectivity index (χ0v) is 15.4. The molecule has 140 valence electrons. The summed E-state index contributed by atoms with van der Waals surface area (Å²) in [5.41, 5.74) is 0.981. The number of carbonyl (C=O) groups excluding carboxylic acids is 3. The fraction of sp³-hybridized carbons (Fsp3) is 0.450. The van der Waals surface area contributed by atoms with Gasteiger partial charge in [-0.2, -0.15) is 0 Å². The zero-order valence-electron chi connectivity index (χ0n) is 15.4. The second kappa shape index (κ2) is 9.75. The monoisotopic (exact) mass is 357 g/mol. The highest BCUT2D eigenvalue weighted by Crippen LogP contribution is 2.18. The van der Waals surface area contributed by atoms with Crippen molar-refractivity contribution in [3.63, 3.8) is 0 Å². The van der Waals surface area contributed by atoms with Crippen molar-refractivity contribution in [1.29, 1.82) is 0 Å². The van der Waals surface area contributed by atoms with Crippen LogP contribution in [0.1, 0.15) is 32.3 Å². The highest BCUT2D eigenvalue weighted by Gasteiger charge is 2.28. The Hall–Kier alpha value is -2.63. The van der Waals surface area contributed by atoms with Crippen LogP contribution in [0.25, 0.3) is 6.08 Å². The smallest absolute Gasteiger partial charge is 0.246 e. The van der Waals surface area contributed by atoms with Gasteiger partial charge in [-0.05, 0) is 38.3 Å². The number of rotatable bonds is 6. The lowest BCUT2D eigenvalue weighted by atomic mass is 9.95. The number of nitrogens with zero attached hydrogens (tertiary/aromatic N) is 1. The summed E-state index contributed by atoms with van der Waals surface area (Å²) in [6, 6.07) is 9.12. The van der Waals surface area contributed by atoms with Crippen molar-refractivity contribution < 1.29 is 14.4 Å². The van der Waals surface area contributed by atoms with Gasteiger partial charge in [0.2, 0.25) is 17.7 Å². The van der Waals surface area contributed by atoms with E-state index in [0.29, 0.717) is 32.5 Å². The van der Waals surface area contributed by atoms with E-state index in [-0.39, 0.29) is 23.6 Å². The largest absolute Gasteiger partial charge is 0.355 e. The molecule has 0 unspecified atom stereocenters. The van der Waals surface area contributed by atoms with Crippen LogP contribution in [0.15, 0.2) is 36.4 Å². The molecule has 1 aliphatic rings. The van der Waals surface area contributed by atoms with Crippen molar-refractivity contribution in [1.82, 2.24) is 15.5 Å². The second-order valence-corrected chi connectivity index (χ2v) is 6.47. The van der Waals surface area contributed by atoms with Gasteiger partial charge in [0.25, 0.3) is 0 Å². The van der Waals surface area contributed by atoms with Crippen LogP contribution in [0.3, 0.4) is 0 Å². The molecule has 0 spiro atoms. The Kier molecular flexibility index (Phi) is 7.38. The van der Waals surface area contributed by atoms with Crippen LogP contribution in [0.4, 0.5) is 0 Å². The van der Waals surface area contributed by atoms with Crippen molar-refractivity contribution in [3.05, 3.63) is 42.0 Å². The van der Waals surface area contributed by atoms with E-state index in [1.54, 1.807) is 24.0 Å². The van der Waals surface area contributed by atoms with Gasteiger partial charge in [-0.1, -0.05) is 30.3 Å². The Bertz CT molecular complexity index is 650. The number of benzene rings is 1. The summed E-state index contributed by atoms with van der Waals surface area (Å²) in [4.78, 5) is 38.0. The third-order valence-electron chi connectivity index (χ3n) is 4.50. The average molecular weight is 357 g/mol. The van der Waals surface area contributed by atoms with E-state index in [4.69, 9.17) is 0 Å². The number of hydrogen-bond acceptors (Lipinski definition) is 3. The first-order chi connectivity index (χ1) is 12.5. The Morgan fingerprint density at radius 2 is 1.85 bits per heavy atom. The number of carbonyl (C=O) groups is 3. The minimum Gasteiger partial charge on any atom is -0.355 e. The number of amides is 3. The first-order valence-electron chi connectivity index (χ1n) is 9.11. The number of likely N-dealkylation sites (N-methyl/N-ethyl adjacent to an activating group) is 1. The molecule has 0 bridgehead atoms. The average Bonchev–Trinajstić information content (AvgIpc) is 2.67. The SMILES string of the molecule is CCNC(=O)[C@H](C)NC(=O)C1CCN(C(=O)/C=C/c2ccccc2)CC1.